The predicted molar refractivity (Wildman–Crippen MR) is 196 cm³/mol. The first kappa shape index (κ1) is 39.1. The van der Waals surface area contributed by atoms with E-state index in [0.29, 0.717) is 23.9 Å². The first-order valence-corrected chi connectivity index (χ1v) is 18.9. The summed E-state index contributed by atoms with van der Waals surface area (Å²) in [5.41, 5.74) is 2.59. The summed E-state index contributed by atoms with van der Waals surface area (Å²) in [4.78, 5) is 25.9. The molecule has 4 aromatic rings. The third-order valence-electron chi connectivity index (χ3n) is 10.2. The second-order valence-electron chi connectivity index (χ2n) is 13.6. The smallest absolute Gasteiger partial charge is 0.417 e. The number of fused-ring (bicyclic) bond motifs is 3. The Morgan fingerprint density at radius 2 is 1.74 bits per heavy atom. The number of benzene rings is 2. The van der Waals surface area contributed by atoms with Crippen molar-refractivity contribution in [1.82, 2.24) is 24.7 Å². The summed E-state index contributed by atoms with van der Waals surface area (Å²) in [6.45, 7) is 7.76. The number of rotatable bonds is 4. The molecule has 0 spiro atoms. The van der Waals surface area contributed by atoms with Gasteiger partial charge in [-0.15, -0.1) is 11.3 Å². The van der Waals surface area contributed by atoms with Gasteiger partial charge in [-0.2, -0.15) is 28.4 Å². The fraction of sp³-hybridized carbons (Fsp3) is 0.514. The molecule has 2 atom stereocenters. The minimum Gasteiger partial charge on any atom is -0.467 e. The number of hydrogen-bond donors (Lipinski definition) is 2. The number of methoxy groups -OCH3 is 1. The first-order chi connectivity index (χ1) is 25.9. The molecule has 10 nitrogen and oxygen atoms in total. The number of ether oxygens (including phenoxy) is 1. The van der Waals surface area contributed by atoms with Crippen molar-refractivity contribution in [3.8, 4) is 23.2 Å². The van der Waals surface area contributed by atoms with Gasteiger partial charge in [-0.1, -0.05) is 6.07 Å². The fourth-order valence-corrected chi connectivity index (χ4v) is 8.59. The molecule has 54 heavy (non-hydrogen) atoms. The Morgan fingerprint density at radius 3 is 2.31 bits per heavy atom. The normalized spacial score (nSPS) is 19.7. The van der Waals surface area contributed by atoms with Gasteiger partial charge in [0, 0.05) is 61.6 Å². The zero-order chi connectivity index (χ0) is 38.7. The van der Waals surface area contributed by atoms with Gasteiger partial charge in [-0.05, 0) is 76.1 Å². The average Bonchev–Trinajstić information content (AvgIpc) is 3.99. The van der Waals surface area contributed by atoms with Crippen molar-refractivity contribution in [3.05, 3.63) is 41.0 Å². The quantitative estimate of drug-likeness (QED) is 0.199. The number of alkyl halides is 4. The number of nitriles is 1. The molecule has 0 aliphatic carbocycles. The predicted octanol–water partition coefficient (Wildman–Crippen LogP) is 8.19. The highest BCUT2D eigenvalue weighted by Crippen LogP contribution is 2.47. The minimum atomic E-state index is -5.00. The third-order valence-corrected chi connectivity index (χ3v) is 11.2. The second-order valence-corrected chi connectivity index (χ2v) is 14.7. The number of urea groups is 1. The van der Waals surface area contributed by atoms with E-state index in [2.05, 4.69) is 20.2 Å². The standard InChI is InChI=1S/C21H14F5N5OS.C9H16N2O.C7H12FN/c1-3-29-19-9-6-11(21(24,25)26)14(15(23)16(9)30-20(31-19)32-2)8-4-5-12(22)17-13(8)10(7-27)18(28)33-17;12-9(10-5-1-2-6-10)11-7-3-4-8-11;8-6-4-7-2-1-3-9(7)5-6/h4-6H,3,28H2,1-2H3,(H,29,30,31);1-8H2;6-7H,1-5H2. The maximum atomic E-state index is 15.9. The Kier molecular flexibility index (Phi) is 11.9. The first-order valence-electron chi connectivity index (χ1n) is 18.1. The van der Waals surface area contributed by atoms with Gasteiger partial charge in [0.25, 0.3) is 0 Å². The molecule has 8 rings (SSSR count). The van der Waals surface area contributed by atoms with E-state index in [9.17, 15) is 32.0 Å². The maximum absolute atomic E-state index is 15.9. The van der Waals surface area contributed by atoms with Crippen LogP contribution in [0.5, 0.6) is 6.01 Å². The van der Waals surface area contributed by atoms with Crippen LogP contribution in [0.25, 0.3) is 32.1 Å². The molecule has 0 saturated carbocycles. The van der Waals surface area contributed by atoms with Crippen LogP contribution in [0.4, 0.5) is 42.0 Å². The number of nitrogens with zero attached hydrogens (tertiary/aromatic N) is 6. The molecule has 2 aromatic heterocycles. The summed E-state index contributed by atoms with van der Waals surface area (Å²) in [5.74, 6) is -2.15. The highest BCUT2D eigenvalue weighted by molar-refractivity contribution is 7.23. The summed E-state index contributed by atoms with van der Waals surface area (Å²) < 4.78 is 90.2. The zero-order valence-corrected chi connectivity index (χ0v) is 30.9. The van der Waals surface area contributed by atoms with Crippen LogP contribution in [0.15, 0.2) is 18.2 Å². The van der Waals surface area contributed by atoms with Crippen LogP contribution in [0.1, 0.15) is 63.0 Å². The summed E-state index contributed by atoms with van der Waals surface area (Å²) in [6, 6.07) is 5.03. The van der Waals surface area contributed by atoms with Crippen LogP contribution < -0.4 is 15.8 Å². The van der Waals surface area contributed by atoms with E-state index in [0.717, 1.165) is 57.3 Å². The number of nitrogens with two attached hydrogens (primary N) is 1. The molecular weight excluding hydrogens is 735 g/mol. The molecular formula is C37H42F6N8O2S. The molecule has 2 amide bonds. The monoisotopic (exact) mass is 776 g/mol. The molecule has 0 bridgehead atoms. The van der Waals surface area contributed by atoms with Crippen molar-refractivity contribution >= 4 is 49.2 Å². The van der Waals surface area contributed by atoms with Crippen LogP contribution in [0.3, 0.4) is 0 Å². The number of thiophene rings is 1. The molecule has 4 fully saturated rings. The molecule has 4 aliphatic rings. The average molecular weight is 777 g/mol. The topological polar surface area (TPSA) is 124 Å². The van der Waals surface area contributed by atoms with Gasteiger partial charge in [0.2, 0.25) is 0 Å². The van der Waals surface area contributed by atoms with Crippen molar-refractivity contribution in [2.45, 2.75) is 70.3 Å². The SMILES string of the molecule is CCNc1nc(OC)nc2c(F)c(-c3ccc(F)c4sc(N)c(C#N)c34)c(C(F)(F)F)cc12.FC1CC2CCCN2C1.O=C(N1CCCC1)N1CCCC1. The van der Waals surface area contributed by atoms with Crippen molar-refractivity contribution < 1.29 is 35.9 Å². The van der Waals surface area contributed by atoms with Gasteiger partial charge in [-0.25, -0.2) is 18.0 Å². The number of hydrogen-bond acceptors (Lipinski definition) is 9. The highest BCUT2D eigenvalue weighted by atomic mass is 32.1. The summed E-state index contributed by atoms with van der Waals surface area (Å²) in [7, 11) is 1.23. The molecule has 6 heterocycles. The van der Waals surface area contributed by atoms with E-state index < -0.39 is 40.6 Å². The number of amides is 2. The van der Waals surface area contributed by atoms with Crippen molar-refractivity contribution in [3.63, 3.8) is 0 Å². The van der Waals surface area contributed by atoms with Crippen LogP contribution in [-0.2, 0) is 6.18 Å². The van der Waals surface area contributed by atoms with Gasteiger partial charge >= 0.3 is 18.2 Å². The number of carbonyl (C=O) groups excluding carboxylic acids is 1. The third kappa shape index (κ3) is 7.95. The lowest BCUT2D eigenvalue weighted by molar-refractivity contribution is -0.137. The Morgan fingerprint density at radius 1 is 1.07 bits per heavy atom. The lowest BCUT2D eigenvalue weighted by atomic mass is 9.92. The van der Waals surface area contributed by atoms with Gasteiger partial charge in [0.05, 0.1) is 22.9 Å². The van der Waals surface area contributed by atoms with E-state index in [4.69, 9.17) is 10.5 Å². The molecule has 4 aliphatic heterocycles. The summed E-state index contributed by atoms with van der Waals surface area (Å²) >= 11 is 0.698. The van der Waals surface area contributed by atoms with Crippen LogP contribution in [0, 0.1) is 23.0 Å². The highest BCUT2D eigenvalue weighted by Gasteiger charge is 2.38. The maximum Gasteiger partial charge on any atom is 0.417 e. The minimum absolute atomic E-state index is 0.0444. The second kappa shape index (κ2) is 16.4. The van der Waals surface area contributed by atoms with E-state index in [1.165, 1.54) is 45.6 Å². The number of aromatic nitrogens is 2. The molecule has 3 N–H and O–H groups in total. The van der Waals surface area contributed by atoms with Crippen molar-refractivity contribution in [1.29, 1.82) is 5.26 Å². The van der Waals surface area contributed by atoms with Crippen LogP contribution >= 0.6 is 11.3 Å². The van der Waals surface area contributed by atoms with E-state index in [-0.39, 0.29) is 56.0 Å². The van der Waals surface area contributed by atoms with Gasteiger partial charge in [0.1, 0.15) is 34.4 Å². The number of anilines is 2. The molecule has 17 heteroatoms. The number of nitrogen functional groups attached to an aromatic ring is 1. The number of carbonyl (C=O) groups is 1. The largest absolute Gasteiger partial charge is 0.467 e. The Labute approximate surface area is 312 Å². The van der Waals surface area contributed by atoms with Gasteiger partial charge in [-0.3, -0.25) is 4.90 Å². The molecule has 0 radical (unpaired) electrons. The fourth-order valence-electron chi connectivity index (χ4n) is 7.64. The molecule has 2 aromatic carbocycles. The van der Waals surface area contributed by atoms with Crippen LogP contribution in [0.2, 0.25) is 0 Å². The Balaban J connectivity index is 0.000000189. The number of halogens is 6. The molecule has 4 saturated heterocycles. The number of nitrogens with one attached hydrogen (secondary N) is 1. The van der Waals surface area contributed by atoms with E-state index in [1.54, 1.807) is 13.0 Å². The van der Waals surface area contributed by atoms with E-state index >= 15 is 4.39 Å². The molecule has 290 valence electrons. The Bertz CT molecular complexity index is 2010. The summed E-state index contributed by atoms with van der Waals surface area (Å²) in [6.07, 6.45) is 2.59. The summed E-state index contributed by atoms with van der Waals surface area (Å²) in [5, 5.41) is 11.8. The van der Waals surface area contributed by atoms with Gasteiger partial charge < -0.3 is 25.6 Å². The van der Waals surface area contributed by atoms with Gasteiger partial charge in [0.15, 0.2) is 5.82 Å². The van der Waals surface area contributed by atoms with Crippen molar-refractivity contribution in [2.24, 2.45) is 0 Å². The Hall–Kier alpha value is -4.56. The number of likely N-dealkylation sites (tertiary alicyclic amines) is 2. The van der Waals surface area contributed by atoms with E-state index in [1.807, 2.05) is 9.80 Å². The van der Waals surface area contributed by atoms with Crippen molar-refractivity contribution in [2.75, 3.05) is 64.0 Å². The lowest BCUT2D eigenvalue weighted by Crippen LogP contribution is -2.39. The van der Waals surface area contributed by atoms with Crippen LogP contribution in [-0.4, -0.2) is 95.8 Å². The lowest BCUT2D eigenvalue weighted by Gasteiger charge is -2.23. The zero-order valence-electron chi connectivity index (χ0n) is 30.0. The molecule has 2 unspecified atom stereocenters.